The number of H-pyrrole nitrogens is 1. The molecule has 0 aliphatic carbocycles. The molecular formula is C8H12N4O5S. The van der Waals surface area contributed by atoms with Crippen molar-refractivity contribution >= 4 is 21.9 Å². The van der Waals surface area contributed by atoms with Gasteiger partial charge in [0.25, 0.3) is 10.0 Å². The number of nitrogens with one attached hydrogen (secondary N) is 2. The normalized spacial score (nSPS) is 13.1. The van der Waals surface area contributed by atoms with Crippen molar-refractivity contribution in [3.05, 3.63) is 12.3 Å². The van der Waals surface area contributed by atoms with E-state index in [4.69, 9.17) is 10.8 Å². The fourth-order valence-corrected chi connectivity index (χ4v) is 2.30. The minimum Gasteiger partial charge on any atom is -0.480 e. The molecule has 0 aliphatic heterocycles. The molecule has 10 heteroatoms. The zero-order chi connectivity index (χ0) is 13.8. The van der Waals surface area contributed by atoms with E-state index in [0.29, 0.717) is 0 Å². The van der Waals surface area contributed by atoms with E-state index in [2.05, 4.69) is 10.2 Å². The molecule has 0 aliphatic rings. The van der Waals surface area contributed by atoms with E-state index < -0.39 is 27.9 Å². The van der Waals surface area contributed by atoms with Gasteiger partial charge in [-0.25, -0.2) is 8.42 Å². The molecule has 1 atom stereocenters. The second-order valence-electron chi connectivity index (χ2n) is 3.44. The van der Waals surface area contributed by atoms with E-state index in [-0.39, 0.29) is 17.9 Å². The van der Waals surface area contributed by atoms with Gasteiger partial charge in [-0.05, 0) is 12.5 Å². The Morgan fingerprint density at radius 3 is 2.67 bits per heavy atom. The lowest BCUT2D eigenvalue weighted by molar-refractivity contribution is -0.139. The molecule has 1 rings (SSSR count). The number of hydrogen-bond donors (Lipinski definition) is 4. The molecule has 18 heavy (non-hydrogen) atoms. The van der Waals surface area contributed by atoms with Crippen LogP contribution in [-0.2, 0) is 19.6 Å². The number of rotatable bonds is 7. The van der Waals surface area contributed by atoms with Crippen molar-refractivity contribution < 1.29 is 23.1 Å². The van der Waals surface area contributed by atoms with Crippen LogP contribution in [0.1, 0.15) is 12.8 Å². The summed E-state index contributed by atoms with van der Waals surface area (Å²) in [5.74, 6) is -2.10. The summed E-state index contributed by atoms with van der Waals surface area (Å²) in [6.07, 6.45) is 0.758. The molecule has 0 radical (unpaired) electrons. The number of hydrogen-bond acceptors (Lipinski definition) is 5. The number of nitrogens with two attached hydrogens (primary N) is 1. The van der Waals surface area contributed by atoms with Crippen LogP contribution >= 0.6 is 0 Å². The number of carboxylic acid groups (broad SMARTS) is 1. The first-order valence-electron chi connectivity index (χ1n) is 4.86. The number of carbonyl (C=O) groups is 2. The van der Waals surface area contributed by atoms with Crippen LogP contribution in [0.4, 0.5) is 0 Å². The summed E-state index contributed by atoms with van der Waals surface area (Å²) >= 11 is 0. The summed E-state index contributed by atoms with van der Waals surface area (Å²) in [6.45, 7) is 0. The zero-order valence-corrected chi connectivity index (χ0v) is 9.98. The number of aromatic amines is 1. The van der Waals surface area contributed by atoms with Crippen LogP contribution in [0.2, 0.25) is 0 Å². The Morgan fingerprint density at radius 1 is 1.56 bits per heavy atom. The van der Waals surface area contributed by atoms with Gasteiger partial charge in [0.05, 0.1) is 6.20 Å². The summed E-state index contributed by atoms with van der Waals surface area (Å²) < 4.78 is 25.3. The fourth-order valence-electron chi connectivity index (χ4n) is 1.16. The van der Waals surface area contributed by atoms with Gasteiger partial charge in [0.15, 0.2) is 5.03 Å². The first-order chi connectivity index (χ1) is 8.33. The number of carbonyl (C=O) groups excluding carboxylic acids is 1. The van der Waals surface area contributed by atoms with Crippen molar-refractivity contribution in [1.82, 2.24) is 14.9 Å². The van der Waals surface area contributed by atoms with Crippen molar-refractivity contribution in [3.63, 3.8) is 0 Å². The van der Waals surface area contributed by atoms with E-state index in [1.807, 2.05) is 4.72 Å². The summed E-state index contributed by atoms with van der Waals surface area (Å²) in [7, 11) is -4.01. The third kappa shape index (κ3) is 3.82. The van der Waals surface area contributed by atoms with Crippen LogP contribution in [0.15, 0.2) is 17.3 Å². The first kappa shape index (κ1) is 14.1. The number of aromatic nitrogens is 2. The Kier molecular flexibility index (Phi) is 4.39. The number of aliphatic carboxylic acids is 1. The molecule has 0 fully saturated rings. The summed E-state index contributed by atoms with van der Waals surface area (Å²) in [4.78, 5) is 21.4. The molecule has 0 aromatic carbocycles. The van der Waals surface area contributed by atoms with E-state index in [0.717, 1.165) is 0 Å². The van der Waals surface area contributed by atoms with Gasteiger partial charge in [0.1, 0.15) is 6.04 Å². The Balaban J connectivity index is 2.78. The highest BCUT2D eigenvalue weighted by atomic mass is 32.2. The number of primary amides is 1. The SMILES string of the molecule is NC(=O)CC[C@@H](NS(=O)(=O)c1ccn[nH]1)C(=O)O. The van der Waals surface area contributed by atoms with E-state index in [1.165, 1.54) is 12.3 Å². The zero-order valence-electron chi connectivity index (χ0n) is 9.16. The van der Waals surface area contributed by atoms with Gasteiger partial charge in [-0.2, -0.15) is 9.82 Å². The van der Waals surface area contributed by atoms with Crippen molar-refractivity contribution in [1.29, 1.82) is 0 Å². The molecule has 1 heterocycles. The quantitative estimate of drug-likeness (QED) is 0.470. The van der Waals surface area contributed by atoms with Crippen LogP contribution in [-0.4, -0.2) is 41.6 Å². The molecule has 1 aromatic rings. The molecule has 0 saturated heterocycles. The molecular weight excluding hydrogens is 264 g/mol. The second kappa shape index (κ2) is 5.60. The highest BCUT2D eigenvalue weighted by Crippen LogP contribution is 2.06. The van der Waals surface area contributed by atoms with Crippen LogP contribution in [0, 0.1) is 0 Å². The summed E-state index contributed by atoms with van der Waals surface area (Å²) in [6, 6.07) is -0.249. The van der Waals surface area contributed by atoms with Crippen LogP contribution in [0.3, 0.4) is 0 Å². The Hall–Kier alpha value is -1.94. The van der Waals surface area contributed by atoms with E-state index >= 15 is 0 Å². The van der Waals surface area contributed by atoms with Gasteiger partial charge in [-0.15, -0.1) is 0 Å². The summed E-state index contributed by atoms with van der Waals surface area (Å²) in [5.41, 5.74) is 4.87. The predicted molar refractivity (Wildman–Crippen MR) is 58.8 cm³/mol. The lowest BCUT2D eigenvalue weighted by atomic mass is 10.2. The highest BCUT2D eigenvalue weighted by molar-refractivity contribution is 7.89. The van der Waals surface area contributed by atoms with Crippen molar-refractivity contribution in [2.24, 2.45) is 5.73 Å². The molecule has 0 spiro atoms. The van der Waals surface area contributed by atoms with E-state index in [1.54, 1.807) is 0 Å². The number of amides is 1. The van der Waals surface area contributed by atoms with Crippen LogP contribution in [0.25, 0.3) is 0 Å². The molecule has 100 valence electrons. The standard InChI is InChI=1S/C8H12N4O5S/c9-6(13)2-1-5(8(14)15)12-18(16,17)7-3-4-10-11-7/h3-5,12H,1-2H2,(H2,9,13)(H,10,11)(H,14,15)/t5-/m1/s1. The minimum absolute atomic E-state index is 0.224. The largest absolute Gasteiger partial charge is 0.480 e. The van der Waals surface area contributed by atoms with Crippen LogP contribution < -0.4 is 10.5 Å². The third-order valence-corrected chi connectivity index (χ3v) is 3.44. The lowest BCUT2D eigenvalue weighted by Gasteiger charge is -2.12. The summed E-state index contributed by atoms with van der Waals surface area (Å²) in [5, 5.41) is 14.2. The lowest BCUT2D eigenvalue weighted by Crippen LogP contribution is -2.41. The maximum absolute atomic E-state index is 11.7. The molecule has 9 nitrogen and oxygen atoms in total. The van der Waals surface area contributed by atoms with Gasteiger partial charge in [-0.1, -0.05) is 0 Å². The Bertz CT molecular complexity index is 524. The Labute approximate surface area is 102 Å². The average Bonchev–Trinajstić information content (AvgIpc) is 2.77. The van der Waals surface area contributed by atoms with E-state index in [9.17, 15) is 18.0 Å². The average molecular weight is 276 g/mol. The highest BCUT2D eigenvalue weighted by Gasteiger charge is 2.26. The molecule has 0 bridgehead atoms. The topological polar surface area (TPSA) is 155 Å². The maximum Gasteiger partial charge on any atom is 0.321 e. The molecule has 1 aromatic heterocycles. The molecule has 1 amide bonds. The van der Waals surface area contributed by atoms with Gasteiger partial charge >= 0.3 is 5.97 Å². The Morgan fingerprint density at radius 2 is 2.22 bits per heavy atom. The monoisotopic (exact) mass is 276 g/mol. The number of carboxylic acids is 1. The second-order valence-corrected chi connectivity index (χ2v) is 5.12. The first-order valence-corrected chi connectivity index (χ1v) is 6.34. The van der Waals surface area contributed by atoms with Crippen LogP contribution in [0.5, 0.6) is 0 Å². The third-order valence-electron chi connectivity index (χ3n) is 2.04. The van der Waals surface area contributed by atoms with Gasteiger partial charge in [0.2, 0.25) is 5.91 Å². The van der Waals surface area contributed by atoms with Gasteiger partial charge in [-0.3, -0.25) is 14.7 Å². The fraction of sp³-hybridized carbons (Fsp3) is 0.375. The predicted octanol–water partition coefficient (Wildman–Crippen LogP) is -1.59. The van der Waals surface area contributed by atoms with Crippen molar-refractivity contribution in [3.8, 4) is 0 Å². The minimum atomic E-state index is -4.01. The molecule has 0 unspecified atom stereocenters. The van der Waals surface area contributed by atoms with Crippen molar-refractivity contribution in [2.75, 3.05) is 0 Å². The molecule has 0 saturated carbocycles. The maximum atomic E-state index is 11.7. The van der Waals surface area contributed by atoms with Gasteiger partial charge < -0.3 is 10.8 Å². The van der Waals surface area contributed by atoms with Gasteiger partial charge in [0, 0.05) is 6.42 Å². The number of sulfonamides is 1. The smallest absolute Gasteiger partial charge is 0.321 e. The number of nitrogens with zero attached hydrogens (tertiary/aromatic N) is 1. The van der Waals surface area contributed by atoms with Crippen molar-refractivity contribution in [2.45, 2.75) is 23.9 Å². The molecule has 5 N–H and O–H groups in total.